The summed E-state index contributed by atoms with van der Waals surface area (Å²) in [6, 6.07) is -6.07. The highest BCUT2D eigenvalue weighted by Crippen LogP contribution is 2.33. The monoisotopic (exact) mass is 846 g/mol. The third kappa shape index (κ3) is 14.0. The number of benzene rings is 1. The van der Waals surface area contributed by atoms with Crippen LogP contribution in [0.25, 0.3) is 0 Å². The Bertz CT molecular complexity index is 1690. The summed E-state index contributed by atoms with van der Waals surface area (Å²) in [6.45, 7) is -1.51. The van der Waals surface area contributed by atoms with Crippen LogP contribution in [0.4, 0.5) is 10.5 Å². The Morgan fingerprint density at radius 2 is 1.66 bits per heavy atom. The molecule has 6 atom stereocenters. The summed E-state index contributed by atoms with van der Waals surface area (Å²) in [5.41, 5.74) is 22.7. The van der Waals surface area contributed by atoms with Crippen LogP contribution in [0.15, 0.2) is 29.0 Å². The number of aliphatic hydroxyl groups excluding tert-OH is 1. The second-order valence-electron chi connectivity index (χ2n) is 12.5. The Hall–Kier alpha value is -4.97. The van der Waals surface area contributed by atoms with Crippen molar-refractivity contribution < 1.29 is 38.7 Å². The second-order valence-corrected chi connectivity index (χ2v) is 13.7. The largest absolute Gasteiger partial charge is 0.394 e. The second kappa shape index (κ2) is 21.9. The number of nitrogens with two attached hydrogens (primary N) is 4. The van der Waals surface area contributed by atoms with Crippen LogP contribution in [0.1, 0.15) is 25.7 Å². The van der Waals surface area contributed by atoms with Crippen LogP contribution in [0.3, 0.4) is 0 Å². The number of carbonyl (C=O) groups excluding carboxylic acids is 7. The molecule has 0 radical (unpaired) electrons. The van der Waals surface area contributed by atoms with Gasteiger partial charge in [0.15, 0.2) is 5.96 Å². The molecule has 2 aliphatic rings. The van der Waals surface area contributed by atoms with Crippen molar-refractivity contribution in [1.29, 1.82) is 0 Å². The molecule has 0 aliphatic carbocycles. The predicted octanol–water partition coefficient (Wildman–Crippen LogP) is -4.12. The number of amides is 8. The standard InChI is InChI=1S/C31H45Cl3N14O8/c32-15-7-14(8-16(33)23(15)34)43-31(56)42-11-20-27(53)48-24(18-3-5-39-30(38)47-18)29(55)41-9-17(37)25(51)46-21(12-49)28(54)45-19(26(52)44-20)10-40-22(50)6-13(36)2-1-4-35/h7-8,11,13,17-19,21,24,49H,1-6,9-10,12,35-37H2,(H,40,50)(H,41,55)(H,44,52)(H,45,54)(H,46,51)(H,48,53)(H3,38,39,47)(H2,42,43,56)/b20-11-/t13-,17?,18?,19-,21-,24-/m0/s1. The fourth-order valence-corrected chi connectivity index (χ4v) is 5.73. The zero-order valence-corrected chi connectivity index (χ0v) is 32.0. The van der Waals surface area contributed by atoms with Gasteiger partial charge in [0, 0.05) is 44.0 Å². The highest BCUT2D eigenvalue weighted by Gasteiger charge is 2.35. The van der Waals surface area contributed by atoms with E-state index in [1.54, 1.807) is 0 Å². The Balaban J connectivity index is 2.01. The Morgan fingerprint density at radius 3 is 2.30 bits per heavy atom. The number of nitrogens with zero attached hydrogens (tertiary/aromatic N) is 1. The zero-order chi connectivity index (χ0) is 41.5. The number of aliphatic imine (C=N–C) groups is 1. The number of aliphatic hydroxyl groups is 1. The van der Waals surface area contributed by atoms with E-state index in [1.807, 2.05) is 0 Å². The summed E-state index contributed by atoms with van der Waals surface area (Å²) in [5, 5.41) is 31.8. The van der Waals surface area contributed by atoms with Crippen molar-refractivity contribution >= 4 is 87.9 Å². The van der Waals surface area contributed by atoms with Gasteiger partial charge in [-0.25, -0.2) is 4.79 Å². The van der Waals surface area contributed by atoms with Crippen molar-refractivity contribution in [2.75, 3.05) is 38.1 Å². The topological polar surface area (TPSA) is 364 Å². The van der Waals surface area contributed by atoms with E-state index in [-0.39, 0.29) is 46.1 Å². The molecule has 2 aliphatic heterocycles. The summed E-state index contributed by atoms with van der Waals surface area (Å²) in [7, 11) is 0. The van der Waals surface area contributed by atoms with Gasteiger partial charge < -0.3 is 75.9 Å². The van der Waals surface area contributed by atoms with Gasteiger partial charge in [-0.2, -0.15) is 0 Å². The van der Waals surface area contributed by atoms with Crippen molar-refractivity contribution in [3.63, 3.8) is 0 Å². The number of guanidine groups is 1. The normalized spacial score (nSPS) is 23.9. The van der Waals surface area contributed by atoms with Gasteiger partial charge in [-0.1, -0.05) is 34.8 Å². The predicted molar refractivity (Wildman–Crippen MR) is 206 cm³/mol. The first kappa shape index (κ1) is 45.4. The molecule has 1 saturated heterocycles. The van der Waals surface area contributed by atoms with Gasteiger partial charge in [-0.15, -0.1) is 0 Å². The van der Waals surface area contributed by atoms with E-state index in [0.29, 0.717) is 19.4 Å². The first-order valence-corrected chi connectivity index (χ1v) is 18.2. The smallest absolute Gasteiger partial charge is 0.323 e. The molecule has 0 spiro atoms. The summed E-state index contributed by atoms with van der Waals surface area (Å²) in [6.07, 6.45) is 1.79. The van der Waals surface area contributed by atoms with Gasteiger partial charge in [-0.05, 0) is 37.9 Å². The molecule has 0 saturated carbocycles. The van der Waals surface area contributed by atoms with E-state index in [1.165, 1.54) is 12.1 Å². The maximum atomic E-state index is 13.9. The highest BCUT2D eigenvalue weighted by molar-refractivity contribution is 6.48. The average molecular weight is 848 g/mol. The van der Waals surface area contributed by atoms with Crippen LogP contribution >= 0.6 is 34.8 Å². The Labute approximate surface area is 335 Å². The first-order chi connectivity index (χ1) is 26.5. The third-order valence-electron chi connectivity index (χ3n) is 8.13. The quantitative estimate of drug-likeness (QED) is 0.0745. The molecule has 308 valence electrons. The lowest BCUT2D eigenvalue weighted by Gasteiger charge is -2.31. The number of nitrogens with one attached hydrogen (secondary N) is 9. The fourth-order valence-electron chi connectivity index (χ4n) is 5.14. The van der Waals surface area contributed by atoms with Crippen molar-refractivity contribution in [3.05, 3.63) is 39.1 Å². The summed E-state index contributed by atoms with van der Waals surface area (Å²) < 4.78 is 0. The molecule has 8 amide bonds. The van der Waals surface area contributed by atoms with Gasteiger partial charge in [-0.3, -0.25) is 33.8 Å². The Kier molecular flexibility index (Phi) is 17.8. The molecule has 56 heavy (non-hydrogen) atoms. The summed E-state index contributed by atoms with van der Waals surface area (Å²) >= 11 is 18.1. The van der Waals surface area contributed by atoms with E-state index < -0.39 is 103 Å². The SMILES string of the molecule is NCCC[C@H](N)CC(=O)NC[C@@H]1NC(=O)[C@H](CO)NC(=O)C(N)CNC(=O)[C@H](C2CCN=C(N)N2)NC(=O)/C(=C/NC(=O)Nc2cc(Cl)c(Cl)c(Cl)c2)NC1=O. The third-order valence-corrected chi connectivity index (χ3v) is 9.33. The number of hydrogen-bond donors (Lipinski definition) is 14. The summed E-state index contributed by atoms with van der Waals surface area (Å²) in [4.78, 5) is 97.1. The molecular formula is C31H45Cl3N14O8. The van der Waals surface area contributed by atoms with Crippen LogP contribution in [0.2, 0.25) is 15.1 Å². The van der Waals surface area contributed by atoms with Gasteiger partial charge in [0.25, 0.3) is 5.91 Å². The van der Waals surface area contributed by atoms with Gasteiger partial charge in [0.2, 0.25) is 29.5 Å². The Morgan fingerprint density at radius 1 is 0.982 bits per heavy atom. The van der Waals surface area contributed by atoms with E-state index in [9.17, 15) is 38.7 Å². The van der Waals surface area contributed by atoms with Gasteiger partial charge in [0.1, 0.15) is 29.9 Å². The maximum absolute atomic E-state index is 13.9. The van der Waals surface area contributed by atoms with Crippen LogP contribution in [0.5, 0.6) is 0 Å². The van der Waals surface area contributed by atoms with E-state index in [4.69, 9.17) is 57.7 Å². The summed E-state index contributed by atoms with van der Waals surface area (Å²) in [5.74, 6) is -5.81. The number of anilines is 1. The van der Waals surface area contributed by atoms with Gasteiger partial charge in [0.05, 0.1) is 27.7 Å². The lowest BCUT2D eigenvalue weighted by Crippen LogP contribution is -2.64. The molecule has 1 fully saturated rings. The minimum atomic E-state index is -1.68. The van der Waals surface area contributed by atoms with Crippen molar-refractivity contribution in [2.24, 2.45) is 27.9 Å². The molecular weight excluding hydrogens is 803 g/mol. The van der Waals surface area contributed by atoms with Crippen LogP contribution in [0, 0.1) is 0 Å². The average Bonchev–Trinajstić information content (AvgIpc) is 3.15. The van der Waals surface area contributed by atoms with Crippen molar-refractivity contribution in [3.8, 4) is 0 Å². The van der Waals surface area contributed by atoms with Crippen LogP contribution in [-0.4, -0.2) is 122 Å². The minimum Gasteiger partial charge on any atom is -0.394 e. The van der Waals surface area contributed by atoms with Crippen LogP contribution in [-0.2, 0) is 28.8 Å². The molecule has 1 aromatic rings. The fraction of sp³-hybridized carbons (Fsp3) is 0.484. The molecule has 0 bridgehead atoms. The lowest BCUT2D eigenvalue weighted by molar-refractivity contribution is -0.134. The van der Waals surface area contributed by atoms with Crippen molar-refractivity contribution in [1.82, 2.24) is 42.5 Å². The number of rotatable bonds is 11. The van der Waals surface area contributed by atoms with E-state index in [0.717, 1.165) is 6.20 Å². The highest BCUT2D eigenvalue weighted by atomic mass is 35.5. The molecule has 22 nitrogen and oxygen atoms in total. The van der Waals surface area contributed by atoms with Gasteiger partial charge >= 0.3 is 6.03 Å². The molecule has 0 aromatic heterocycles. The van der Waals surface area contributed by atoms with Crippen molar-refractivity contribution in [2.45, 2.75) is 61.9 Å². The van der Waals surface area contributed by atoms with Crippen LogP contribution < -0.4 is 70.8 Å². The lowest BCUT2D eigenvalue weighted by atomic mass is 10.0. The minimum absolute atomic E-state index is 0.0185. The van der Waals surface area contributed by atoms with E-state index in [2.05, 4.69) is 52.8 Å². The van der Waals surface area contributed by atoms with E-state index >= 15 is 0 Å². The molecule has 25 heteroatoms. The molecule has 3 rings (SSSR count). The molecule has 2 heterocycles. The first-order valence-electron chi connectivity index (χ1n) is 17.1. The number of halogens is 3. The number of carbonyl (C=O) groups is 7. The zero-order valence-electron chi connectivity index (χ0n) is 29.8. The maximum Gasteiger partial charge on any atom is 0.323 e. The molecule has 1 aromatic carbocycles. The number of hydrogen-bond acceptors (Lipinski definition) is 14. The molecule has 18 N–H and O–H groups in total. The number of urea groups is 1. The molecule has 2 unspecified atom stereocenters.